The Morgan fingerprint density at radius 2 is 2.31 bits per heavy atom. The molecule has 2 atom stereocenters. The molecular formula is C10H11NO2. The number of rotatable bonds is 0. The lowest BCUT2D eigenvalue weighted by atomic mass is 9.93. The number of benzene rings is 1. The van der Waals surface area contributed by atoms with Gasteiger partial charge in [-0.25, -0.2) is 0 Å². The van der Waals surface area contributed by atoms with Gasteiger partial charge in [-0.15, -0.1) is 0 Å². The van der Waals surface area contributed by atoms with Crippen LogP contribution in [0.2, 0.25) is 0 Å². The minimum atomic E-state index is -0.795. The summed E-state index contributed by atoms with van der Waals surface area (Å²) in [7, 11) is 0. The molecule has 2 aliphatic rings. The Morgan fingerprint density at radius 1 is 1.46 bits per heavy atom. The Morgan fingerprint density at radius 3 is 3.23 bits per heavy atom. The van der Waals surface area contributed by atoms with E-state index in [2.05, 4.69) is 5.32 Å². The Hall–Kier alpha value is -1.06. The molecule has 0 saturated carbocycles. The molecule has 1 saturated heterocycles. The monoisotopic (exact) mass is 177 g/mol. The fourth-order valence-corrected chi connectivity index (χ4v) is 2.17. The molecule has 2 heterocycles. The highest BCUT2D eigenvalue weighted by Gasteiger charge is 2.49. The minimum absolute atomic E-state index is 0.245. The van der Waals surface area contributed by atoms with Crippen molar-refractivity contribution in [1.82, 2.24) is 0 Å². The number of para-hydroxylation sites is 1. The van der Waals surface area contributed by atoms with Gasteiger partial charge in [-0.3, -0.25) is 0 Å². The molecule has 0 spiro atoms. The van der Waals surface area contributed by atoms with Gasteiger partial charge < -0.3 is 15.2 Å². The Bertz CT molecular complexity index is 353. The summed E-state index contributed by atoms with van der Waals surface area (Å²) in [5, 5.41) is 13.5. The number of aliphatic hydroxyl groups is 1. The van der Waals surface area contributed by atoms with Gasteiger partial charge in [0, 0.05) is 17.7 Å². The van der Waals surface area contributed by atoms with Crippen molar-refractivity contribution in [3.8, 4) is 0 Å². The average molecular weight is 177 g/mol. The molecule has 0 radical (unpaired) electrons. The fourth-order valence-electron chi connectivity index (χ4n) is 2.17. The molecule has 13 heavy (non-hydrogen) atoms. The number of nitrogens with one attached hydrogen (secondary N) is 1. The maximum atomic E-state index is 10.3. The third-order valence-corrected chi connectivity index (χ3v) is 2.88. The van der Waals surface area contributed by atoms with Gasteiger partial charge in [-0.05, 0) is 6.07 Å². The van der Waals surface area contributed by atoms with Gasteiger partial charge in [-0.1, -0.05) is 18.2 Å². The van der Waals surface area contributed by atoms with Crippen LogP contribution in [0.1, 0.15) is 12.0 Å². The molecule has 0 amide bonds. The van der Waals surface area contributed by atoms with E-state index in [1.165, 1.54) is 0 Å². The van der Waals surface area contributed by atoms with E-state index in [0.717, 1.165) is 11.3 Å². The number of hydrogen-bond acceptors (Lipinski definition) is 3. The zero-order valence-electron chi connectivity index (χ0n) is 7.16. The van der Waals surface area contributed by atoms with E-state index in [0.29, 0.717) is 13.0 Å². The highest BCUT2D eigenvalue weighted by molar-refractivity contribution is 5.60. The summed E-state index contributed by atoms with van der Waals surface area (Å²) in [4.78, 5) is 0. The van der Waals surface area contributed by atoms with E-state index in [4.69, 9.17) is 4.74 Å². The molecule has 2 N–H and O–H groups in total. The van der Waals surface area contributed by atoms with Gasteiger partial charge >= 0.3 is 0 Å². The molecule has 3 nitrogen and oxygen atoms in total. The average Bonchev–Trinajstić information content (AvgIpc) is 2.60. The zero-order chi connectivity index (χ0) is 8.89. The van der Waals surface area contributed by atoms with Crippen LogP contribution < -0.4 is 5.32 Å². The molecule has 3 heteroatoms. The van der Waals surface area contributed by atoms with Crippen molar-refractivity contribution in [2.24, 2.45) is 0 Å². The lowest BCUT2D eigenvalue weighted by Gasteiger charge is -2.20. The van der Waals surface area contributed by atoms with E-state index in [1.54, 1.807) is 0 Å². The van der Waals surface area contributed by atoms with Crippen molar-refractivity contribution in [2.75, 3.05) is 11.9 Å². The Balaban J connectivity index is 2.17. The number of ether oxygens (including phenoxy) is 1. The summed E-state index contributed by atoms with van der Waals surface area (Å²) in [6.07, 6.45) is 0.437. The third-order valence-electron chi connectivity index (χ3n) is 2.88. The Labute approximate surface area is 76.3 Å². The molecule has 2 aliphatic heterocycles. The quantitative estimate of drug-likeness (QED) is 0.622. The first kappa shape index (κ1) is 7.35. The van der Waals surface area contributed by atoms with Gasteiger partial charge in [-0.2, -0.15) is 0 Å². The van der Waals surface area contributed by atoms with Crippen LogP contribution in [0.25, 0.3) is 0 Å². The standard InChI is InChI=1S/C10H11NO2/c12-10-5-6-13-9(10)11-8-4-2-1-3-7(8)10/h1-4,9,11-12H,5-6H2/t9-,10-/m1/s1. The summed E-state index contributed by atoms with van der Waals surface area (Å²) in [5.41, 5.74) is 1.17. The second kappa shape index (κ2) is 2.25. The molecule has 0 bridgehead atoms. The first-order valence-corrected chi connectivity index (χ1v) is 4.51. The second-order valence-corrected chi connectivity index (χ2v) is 3.62. The SMILES string of the molecule is O[C@@]12CCO[C@H]1Nc1ccccc12. The van der Waals surface area contributed by atoms with Crippen molar-refractivity contribution < 1.29 is 9.84 Å². The van der Waals surface area contributed by atoms with E-state index in [9.17, 15) is 5.11 Å². The number of anilines is 1. The van der Waals surface area contributed by atoms with Gasteiger partial charge in [0.2, 0.25) is 0 Å². The maximum Gasteiger partial charge on any atom is 0.161 e. The van der Waals surface area contributed by atoms with Crippen LogP contribution in [0.15, 0.2) is 24.3 Å². The summed E-state index contributed by atoms with van der Waals surface area (Å²) in [6.45, 7) is 0.627. The molecule has 1 fully saturated rings. The summed E-state index contributed by atoms with van der Waals surface area (Å²) in [5.74, 6) is 0. The summed E-state index contributed by atoms with van der Waals surface area (Å²) in [6, 6.07) is 7.82. The van der Waals surface area contributed by atoms with Crippen LogP contribution in [0.3, 0.4) is 0 Å². The highest BCUT2D eigenvalue weighted by Crippen LogP contribution is 2.45. The van der Waals surface area contributed by atoms with Crippen LogP contribution in [0, 0.1) is 0 Å². The molecule has 3 rings (SSSR count). The van der Waals surface area contributed by atoms with Crippen LogP contribution >= 0.6 is 0 Å². The first-order chi connectivity index (χ1) is 6.31. The first-order valence-electron chi connectivity index (χ1n) is 4.51. The highest BCUT2D eigenvalue weighted by atomic mass is 16.5. The van der Waals surface area contributed by atoms with E-state index in [-0.39, 0.29) is 6.23 Å². The van der Waals surface area contributed by atoms with Crippen LogP contribution in [-0.2, 0) is 10.3 Å². The largest absolute Gasteiger partial charge is 0.380 e. The zero-order valence-corrected chi connectivity index (χ0v) is 7.16. The second-order valence-electron chi connectivity index (χ2n) is 3.62. The molecular weight excluding hydrogens is 166 g/mol. The topological polar surface area (TPSA) is 41.5 Å². The lowest BCUT2D eigenvalue weighted by Crippen LogP contribution is -2.33. The summed E-state index contributed by atoms with van der Waals surface area (Å²) >= 11 is 0. The van der Waals surface area contributed by atoms with Gasteiger partial charge in [0.05, 0.1) is 6.61 Å². The minimum Gasteiger partial charge on any atom is -0.380 e. The van der Waals surface area contributed by atoms with Gasteiger partial charge in [0.25, 0.3) is 0 Å². The molecule has 0 unspecified atom stereocenters. The molecule has 68 valence electrons. The lowest BCUT2D eigenvalue weighted by molar-refractivity contribution is -0.0169. The van der Waals surface area contributed by atoms with Crippen molar-refractivity contribution in [3.63, 3.8) is 0 Å². The summed E-state index contributed by atoms with van der Waals surface area (Å²) < 4.78 is 5.40. The van der Waals surface area contributed by atoms with Gasteiger partial charge in [0.15, 0.2) is 6.23 Å². The smallest absolute Gasteiger partial charge is 0.161 e. The molecule has 1 aromatic carbocycles. The fraction of sp³-hybridized carbons (Fsp3) is 0.400. The van der Waals surface area contributed by atoms with Crippen molar-refractivity contribution in [1.29, 1.82) is 0 Å². The van der Waals surface area contributed by atoms with Crippen molar-refractivity contribution in [3.05, 3.63) is 29.8 Å². The van der Waals surface area contributed by atoms with Crippen molar-refractivity contribution >= 4 is 5.69 Å². The van der Waals surface area contributed by atoms with Crippen LogP contribution in [0.4, 0.5) is 5.69 Å². The Kier molecular flexibility index (Phi) is 1.27. The van der Waals surface area contributed by atoms with Crippen LogP contribution in [0.5, 0.6) is 0 Å². The number of fused-ring (bicyclic) bond motifs is 3. The van der Waals surface area contributed by atoms with Crippen LogP contribution in [-0.4, -0.2) is 17.9 Å². The third kappa shape index (κ3) is 0.806. The normalized spacial score (nSPS) is 35.3. The predicted octanol–water partition coefficient (Wildman–Crippen LogP) is 1.05. The maximum absolute atomic E-state index is 10.3. The molecule has 0 aromatic heterocycles. The van der Waals surface area contributed by atoms with Crippen molar-refractivity contribution in [2.45, 2.75) is 18.2 Å². The molecule has 1 aromatic rings. The van der Waals surface area contributed by atoms with E-state index >= 15 is 0 Å². The molecule has 0 aliphatic carbocycles. The number of hydrogen-bond donors (Lipinski definition) is 2. The van der Waals surface area contributed by atoms with E-state index < -0.39 is 5.60 Å². The van der Waals surface area contributed by atoms with E-state index in [1.807, 2.05) is 24.3 Å². The van der Waals surface area contributed by atoms with Gasteiger partial charge in [0.1, 0.15) is 5.60 Å². The predicted molar refractivity (Wildman–Crippen MR) is 48.3 cm³/mol.